The average molecular weight is 353 g/mol. The van der Waals surface area contributed by atoms with E-state index in [9.17, 15) is 4.39 Å². The molecule has 0 bridgehead atoms. The van der Waals surface area contributed by atoms with Crippen LogP contribution in [-0.2, 0) is 6.61 Å². The Balaban J connectivity index is 2.14. The highest BCUT2D eigenvalue weighted by Gasteiger charge is 2.08. The second-order valence-electron chi connectivity index (χ2n) is 4.31. The molecular formula is C15H14BrFN2O2. The van der Waals surface area contributed by atoms with Gasteiger partial charge in [0, 0.05) is 0 Å². The standard InChI is InChI=1S/C15H14BrFN2O2/c1-20-14-5-2-9(6-11(14)15(18)19)8-21-10-3-4-13(17)12(16)7-10/h2-7H,8H2,1H3,(H3,18,19). The molecule has 0 heterocycles. The van der Waals surface area contributed by atoms with Crippen LogP contribution in [0.3, 0.4) is 0 Å². The Morgan fingerprint density at radius 3 is 2.67 bits per heavy atom. The van der Waals surface area contributed by atoms with Crippen molar-refractivity contribution < 1.29 is 13.9 Å². The molecule has 0 amide bonds. The first-order valence-electron chi connectivity index (χ1n) is 6.10. The molecule has 0 aliphatic heterocycles. The van der Waals surface area contributed by atoms with E-state index in [1.54, 1.807) is 24.3 Å². The van der Waals surface area contributed by atoms with E-state index in [2.05, 4.69) is 15.9 Å². The van der Waals surface area contributed by atoms with E-state index in [1.165, 1.54) is 13.2 Å². The summed E-state index contributed by atoms with van der Waals surface area (Å²) >= 11 is 3.11. The van der Waals surface area contributed by atoms with Crippen LogP contribution in [0.5, 0.6) is 11.5 Å². The molecule has 0 spiro atoms. The van der Waals surface area contributed by atoms with Gasteiger partial charge in [-0.2, -0.15) is 0 Å². The number of hydrogen-bond donors (Lipinski definition) is 2. The van der Waals surface area contributed by atoms with Crippen molar-refractivity contribution in [1.82, 2.24) is 0 Å². The topological polar surface area (TPSA) is 68.3 Å². The van der Waals surface area contributed by atoms with E-state index in [0.29, 0.717) is 21.5 Å². The third-order valence-electron chi connectivity index (χ3n) is 2.85. The molecule has 0 aromatic heterocycles. The smallest absolute Gasteiger partial charge is 0.137 e. The number of nitrogen functional groups attached to an aromatic ring is 1. The summed E-state index contributed by atoms with van der Waals surface area (Å²) in [6.07, 6.45) is 0. The summed E-state index contributed by atoms with van der Waals surface area (Å²) in [5.74, 6) is 0.670. The van der Waals surface area contributed by atoms with Crippen molar-refractivity contribution in [3.63, 3.8) is 0 Å². The Hall–Kier alpha value is -2.08. The molecule has 21 heavy (non-hydrogen) atoms. The van der Waals surface area contributed by atoms with E-state index in [4.69, 9.17) is 20.6 Å². The maximum Gasteiger partial charge on any atom is 0.137 e. The summed E-state index contributed by atoms with van der Waals surface area (Å²) in [7, 11) is 1.52. The number of hydrogen-bond acceptors (Lipinski definition) is 3. The van der Waals surface area contributed by atoms with Gasteiger partial charge in [0.2, 0.25) is 0 Å². The van der Waals surface area contributed by atoms with E-state index in [-0.39, 0.29) is 18.3 Å². The van der Waals surface area contributed by atoms with Crippen molar-refractivity contribution in [2.45, 2.75) is 6.61 Å². The van der Waals surface area contributed by atoms with Gasteiger partial charge in [-0.15, -0.1) is 0 Å². The van der Waals surface area contributed by atoms with Crippen LogP contribution in [0.4, 0.5) is 4.39 Å². The quantitative estimate of drug-likeness (QED) is 0.639. The van der Waals surface area contributed by atoms with Crippen molar-refractivity contribution in [2.75, 3.05) is 7.11 Å². The Bertz CT molecular complexity index is 677. The molecule has 110 valence electrons. The maximum absolute atomic E-state index is 13.1. The molecule has 0 saturated carbocycles. The van der Waals surface area contributed by atoms with E-state index < -0.39 is 0 Å². The highest BCUT2D eigenvalue weighted by molar-refractivity contribution is 9.10. The molecule has 0 aliphatic rings. The normalized spacial score (nSPS) is 10.2. The largest absolute Gasteiger partial charge is 0.496 e. The molecule has 0 atom stereocenters. The molecule has 0 fully saturated rings. The van der Waals surface area contributed by atoms with Gasteiger partial charge in [-0.05, 0) is 51.8 Å². The predicted octanol–water partition coefficient (Wildman–Crippen LogP) is 3.46. The third-order valence-corrected chi connectivity index (χ3v) is 3.46. The van der Waals surface area contributed by atoms with Crippen molar-refractivity contribution >= 4 is 21.8 Å². The minimum Gasteiger partial charge on any atom is -0.496 e. The summed E-state index contributed by atoms with van der Waals surface area (Å²) in [4.78, 5) is 0. The van der Waals surface area contributed by atoms with E-state index in [0.717, 1.165) is 5.56 Å². The number of rotatable bonds is 5. The van der Waals surface area contributed by atoms with Crippen molar-refractivity contribution in [3.05, 3.63) is 57.8 Å². The zero-order chi connectivity index (χ0) is 15.4. The molecule has 3 N–H and O–H groups in total. The van der Waals surface area contributed by atoms with Crippen LogP contribution in [0.2, 0.25) is 0 Å². The Morgan fingerprint density at radius 2 is 2.05 bits per heavy atom. The minimum absolute atomic E-state index is 0.0711. The minimum atomic E-state index is -0.342. The van der Waals surface area contributed by atoms with Gasteiger partial charge in [0.15, 0.2) is 0 Å². The van der Waals surface area contributed by atoms with Gasteiger partial charge in [0.25, 0.3) is 0 Å². The zero-order valence-corrected chi connectivity index (χ0v) is 12.9. The molecule has 0 saturated heterocycles. The van der Waals surface area contributed by atoms with Crippen LogP contribution in [-0.4, -0.2) is 12.9 Å². The fraction of sp³-hybridized carbons (Fsp3) is 0.133. The SMILES string of the molecule is COc1ccc(COc2ccc(F)c(Br)c2)cc1C(=N)N. The number of methoxy groups -OCH3 is 1. The highest BCUT2D eigenvalue weighted by atomic mass is 79.9. The van der Waals surface area contributed by atoms with Crippen molar-refractivity contribution in [3.8, 4) is 11.5 Å². The van der Waals surface area contributed by atoms with Gasteiger partial charge >= 0.3 is 0 Å². The number of halogens is 2. The first kappa shape index (κ1) is 15.3. The molecule has 2 aromatic rings. The molecule has 0 unspecified atom stereocenters. The lowest BCUT2D eigenvalue weighted by molar-refractivity contribution is 0.305. The van der Waals surface area contributed by atoms with Gasteiger partial charge in [0.05, 0.1) is 17.1 Å². The van der Waals surface area contributed by atoms with Gasteiger partial charge in [0.1, 0.15) is 29.8 Å². The Labute approximate surface area is 130 Å². The highest BCUT2D eigenvalue weighted by Crippen LogP contribution is 2.24. The lowest BCUT2D eigenvalue weighted by atomic mass is 10.1. The van der Waals surface area contributed by atoms with Gasteiger partial charge < -0.3 is 15.2 Å². The number of amidine groups is 1. The lowest BCUT2D eigenvalue weighted by Gasteiger charge is -2.11. The molecule has 4 nitrogen and oxygen atoms in total. The van der Waals surface area contributed by atoms with Crippen LogP contribution in [0.15, 0.2) is 40.9 Å². The van der Waals surface area contributed by atoms with Crippen LogP contribution in [0, 0.1) is 11.2 Å². The second kappa shape index (κ2) is 6.58. The second-order valence-corrected chi connectivity index (χ2v) is 5.17. The fourth-order valence-corrected chi connectivity index (χ4v) is 2.15. The third kappa shape index (κ3) is 3.72. The molecule has 6 heteroatoms. The first-order chi connectivity index (χ1) is 10.0. The maximum atomic E-state index is 13.1. The number of nitrogens with one attached hydrogen (secondary N) is 1. The molecule has 2 aromatic carbocycles. The Morgan fingerprint density at radius 1 is 1.29 bits per heavy atom. The molecule has 2 rings (SSSR count). The van der Waals surface area contributed by atoms with Gasteiger partial charge in [-0.3, -0.25) is 5.41 Å². The predicted molar refractivity (Wildman–Crippen MR) is 82.4 cm³/mol. The van der Waals surface area contributed by atoms with Gasteiger partial charge in [-0.1, -0.05) is 6.07 Å². The molecule has 0 aliphatic carbocycles. The van der Waals surface area contributed by atoms with Crippen LogP contribution in [0.1, 0.15) is 11.1 Å². The first-order valence-corrected chi connectivity index (χ1v) is 6.89. The monoisotopic (exact) mass is 352 g/mol. The van der Waals surface area contributed by atoms with Crippen molar-refractivity contribution in [2.24, 2.45) is 5.73 Å². The van der Waals surface area contributed by atoms with E-state index in [1.807, 2.05) is 6.07 Å². The summed E-state index contributed by atoms with van der Waals surface area (Å²) in [6, 6.07) is 9.73. The summed E-state index contributed by atoms with van der Waals surface area (Å²) < 4.78 is 24.2. The number of ether oxygens (including phenoxy) is 2. The van der Waals surface area contributed by atoms with Gasteiger partial charge in [-0.25, -0.2) is 4.39 Å². The average Bonchev–Trinajstić information content (AvgIpc) is 2.48. The van der Waals surface area contributed by atoms with E-state index >= 15 is 0 Å². The van der Waals surface area contributed by atoms with Crippen LogP contribution >= 0.6 is 15.9 Å². The zero-order valence-electron chi connectivity index (χ0n) is 11.3. The fourth-order valence-electron chi connectivity index (χ4n) is 1.79. The molecule has 0 radical (unpaired) electrons. The van der Waals surface area contributed by atoms with Crippen molar-refractivity contribution in [1.29, 1.82) is 5.41 Å². The van der Waals surface area contributed by atoms with Crippen LogP contribution in [0.25, 0.3) is 0 Å². The Kier molecular flexibility index (Phi) is 4.80. The number of nitrogens with two attached hydrogens (primary N) is 1. The lowest BCUT2D eigenvalue weighted by Crippen LogP contribution is -2.13. The summed E-state index contributed by atoms with van der Waals surface area (Å²) in [5, 5.41) is 7.53. The summed E-state index contributed by atoms with van der Waals surface area (Å²) in [6.45, 7) is 0.280. The summed E-state index contributed by atoms with van der Waals surface area (Å²) in [5.41, 5.74) is 6.86. The number of benzene rings is 2. The van der Waals surface area contributed by atoms with Crippen LogP contribution < -0.4 is 15.2 Å². The molecular weight excluding hydrogens is 339 g/mol.